The second-order valence-electron chi connectivity index (χ2n) is 8.34. The van der Waals surface area contributed by atoms with Crippen molar-refractivity contribution in [2.45, 2.75) is 25.7 Å². The summed E-state index contributed by atoms with van der Waals surface area (Å²) in [5.74, 6) is -0.0617. The van der Waals surface area contributed by atoms with Crippen LogP contribution in [-0.2, 0) is 25.7 Å². The Bertz CT molecular complexity index is 1300. The molecule has 0 atom stereocenters. The predicted octanol–water partition coefficient (Wildman–Crippen LogP) is 4.39. The number of guanidine groups is 1. The van der Waals surface area contributed by atoms with Gasteiger partial charge in [-0.15, -0.1) is 0 Å². The van der Waals surface area contributed by atoms with Crippen LogP contribution in [-0.4, -0.2) is 5.96 Å². The van der Waals surface area contributed by atoms with Crippen molar-refractivity contribution >= 4 is 50.3 Å². The normalized spacial score (nSPS) is 14.0. The smallest absolute Gasteiger partial charge is 0.197 e. The van der Waals surface area contributed by atoms with Crippen LogP contribution >= 0.6 is 0 Å². The van der Waals surface area contributed by atoms with Crippen LogP contribution in [0.1, 0.15) is 22.3 Å². The lowest BCUT2D eigenvalue weighted by Gasteiger charge is -2.30. The molecular formula is C25H23N5. The summed E-state index contributed by atoms with van der Waals surface area (Å²) in [4.78, 5) is 1.79. The molecule has 0 fully saturated rings. The summed E-state index contributed by atoms with van der Waals surface area (Å²) >= 11 is 0. The zero-order chi connectivity index (χ0) is 20.6. The fourth-order valence-corrected chi connectivity index (χ4v) is 5.58. The zero-order valence-electron chi connectivity index (χ0n) is 16.6. The van der Waals surface area contributed by atoms with E-state index in [-0.39, 0.29) is 5.96 Å². The van der Waals surface area contributed by atoms with Crippen LogP contribution in [0, 0.1) is 5.41 Å². The highest BCUT2D eigenvalue weighted by molar-refractivity contribution is 6.13. The van der Waals surface area contributed by atoms with Crippen LogP contribution in [0.3, 0.4) is 0 Å². The van der Waals surface area contributed by atoms with Crippen molar-refractivity contribution in [2.75, 3.05) is 16.4 Å². The van der Waals surface area contributed by atoms with Crippen molar-refractivity contribution in [3.63, 3.8) is 0 Å². The molecule has 0 spiro atoms. The minimum atomic E-state index is -0.0617. The number of nitrogens with zero attached hydrogens (tertiary/aromatic N) is 1. The standard InChI is InChI=1S/C25H23N5/c26-19-11-15-5-1-3-13-7-9-17(21(13)15)23(19)30(25(28)29)24-18-10-8-14-4-2-6-16(22(14)18)12-20(24)27/h1-6,11-12H,7-10,26-27H2,(H3,28,29). The summed E-state index contributed by atoms with van der Waals surface area (Å²) in [7, 11) is 0. The maximum atomic E-state index is 8.51. The number of nitrogens with two attached hydrogens (primary N) is 3. The molecule has 0 bridgehead atoms. The number of rotatable bonds is 2. The summed E-state index contributed by atoms with van der Waals surface area (Å²) in [6.45, 7) is 0. The molecule has 4 aromatic rings. The van der Waals surface area contributed by atoms with E-state index >= 15 is 0 Å². The Morgan fingerprint density at radius 2 is 1.20 bits per heavy atom. The number of nitrogens with one attached hydrogen (secondary N) is 1. The van der Waals surface area contributed by atoms with Gasteiger partial charge in [0.1, 0.15) is 0 Å². The van der Waals surface area contributed by atoms with E-state index in [0.717, 1.165) is 59.0 Å². The Morgan fingerprint density at radius 1 is 0.733 bits per heavy atom. The highest BCUT2D eigenvalue weighted by atomic mass is 15.3. The van der Waals surface area contributed by atoms with Crippen LogP contribution in [0.15, 0.2) is 48.5 Å². The lowest BCUT2D eigenvalue weighted by atomic mass is 9.98. The van der Waals surface area contributed by atoms with Crippen LogP contribution in [0.5, 0.6) is 0 Å². The van der Waals surface area contributed by atoms with Gasteiger partial charge in [-0.2, -0.15) is 0 Å². The first-order chi connectivity index (χ1) is 14.5. The molecule has 2 aliphatic rings. The van der Waals surface area contributed by atoms with E-state index in [1.54, 1.807) is 4.90 Å². The molecule has 5 nitrogen and oxygen atoms in total. The predicted molar refractivity (Wildman–Crippen MR) is 126 cm³/mol. The summed E-state index contributed by atoms with van der Waals surface area (Å²) < 4.78 is 0. The van der Waals surface area contributed by atoms with Gasteiger partial charge < -0.3 is 17.2 Å². The van der Waals surface area contributed by atoms with Gasteiger partial charge in [-0.25, -0.2) is 0 Å². The van der Waals surface area contributed by atoms with Crippen molar-refractivity contribution in [3.8, 4) is 0 Å². The van der Waals surface area contributed by atoms with E-state index in [9.17, 15) is 0 Å². The molecule has 148 valence electrons. The van der Waals surface area contributed by atoms with Crippen molar-refractivity contribution in [1.82, 2.24) is 0 Å². The Kier molecular flexibility index (Phi) is 3.37. The van der Waals surface area contributed by atoms with Gasteiger partial charge in [-0.05, 0) is 81.6 Å². The van der Waals surface area contributed by atoms with Crippen LogP contribution in [0.25, 0.3) is 21.5 Å². The number of aryl methyl sites for hydroxylation is 4. The number of anilines is 4. The van der Waals surface area contributed by atoms with Gasteiger partial charge in [0.2, 0.25) is 0 Å². The highest BCUT2D eigenvalue weighted by Gasteiger charge is 2.30. The monoisotopic (exact) mass is 393 g/mol. The van der Waals surface area contributed by atoms with E-state index < -0.39 is 0 Å². The van der Waals surface area contributed by atoms with E-state index in [1.807, 2.05) is 12.1 Å². The molecular weight excluding hydrogens is 370 g/mol. The molecule has 0 amide bonds. The first-order valence-electron chi connectivity index (χ1n) is 10.3. The Morgan fingerprint density at radius 3 is 1.63 bits per heavy atom. The van der Waals surface area contributed by atoms with E-state index in [4.69, 9.17) is 22.6 Å². The highest BCUT2D eigenvalue weighted by Crippen LogP contribution is 2.48. The SMILES string of the molecule is N=C(N)N(c1c(N)cc2cccc3c2c1CC3)c1c(N)cc2cccc3c2c1CC3. The molecule has 0 heterocycles. The lowest BCUT2D eigenvalue weighted by Crippen LogP contribution is -2.34. The summed E-state index contributed by atoms with van der Waals surface area (Å²) in [5.41, 5.74) is 27.2. The molecule has 0 saturated carbocycles. The number of benzene rings is 4. The lowest BCUT2D eigenvalue weighted by molar-refractivity contribution is 1.01. The second kappa shape index (κ2) is 5.89. The summed E-state index contributed by atoms with van der Waals surface area (Å²) in [6.07, 6.45) is 3.71. The van der Waals surface area contributed by atoms with Gasteiger partial charge in [-0.3, -0.25) is 10.3 Å². The fourth-order valence-electron chi connectivity index (χ4n) is 5.58. The molecule has 30 heavy (non-hydrogen) atoms. The van der Waals surface area contributed by atoms with Crippen molar-refractivity contribution in [3.05, 3.63) is 70.8 Å². The van der Waals surface area contributed by atoms with Crippen molar-refractivity contribution < 1.29 is 0 Å². The molecule has 0 aromatic heterocycles. The Hall–Kier alpha value is -3.73. The molecule has 2 aliphatic carbocycles. The Labute approximate surface area is 174 Å². The van der Waals surface area contributed by atoms with Gasteiger partial charge in [-0.1, -0.05) is 36.4 Å². The summed E-state index contributed by atoms with van der Waals surface area (Å²) in [5, 5.41) is 13.3. The molecule has 0 radical (unpaired) electrons. The van der Waals surface area contributed by atoms with Crippen LogP contribution < -0.4 is 22.1 Å². The fraction of sp³-hybridized carbons (Fsp3) is 0.160. The van der Waals surface area contributed by atoms with Gasteiger partial charge in [0.15, 0.2) is 5.96 Å². The van der Waals surface area contributed by atoms with E-state index in [2.05, 4.69) is 36.4 Å². The largest absolute Gasteiger partial charge is 0.397 e. The van der Waals surface area contributed by atoms with Crippen LogP contribution in [0.4, 0.5) is 22.7 Å². The molecule has 7 N–H and O–H groups in total. The first kappa shape index (κ1) is 17.2. The second-order valence-corrected chi connectivity index (χ2v) is 8.34. The third-order valence-corrected chi connectivity index (χ3v) is 6.69. The minimum absolute atomic E-state index is 0.0617. The Balaban J connectivity index is 1.69. The quantitative estimate of drug-likeness (QED) is 0.230. The zero-order valence-corrected chi connectivity index (χ0v) is 16.6. The maximum Gasteiger partial charge on any atom is 0.197 e. The van der Waals surface area contributed by atoms with Gasteiger partial charge in [0.05, 0.1) is 22.7 Å². The van der Waals surface area contributed by atoms with Gasteiger partial charge >= 0.3 is 0 Å². The molecule has 5 heteroatoms. The topological polar surface area (TPSA) is 105 Å². The molecule has 6 rings (SSSR count). The molecule has 0 unspecified atom stereocenters. The van der Waals surface area contributed by atoms with Gasteiger partial charge in [0.25, 0.3) is 0 Å². The van der Waals surface area contributed by atoms with Crippen molar-refractivity contribution in [2.24, 2.45) is 5.73 Å². The number of hydrogen-bond donors (Lipinski definition) is 4. The van der Waals surface area contributed by atoms with Crippen molar-refractivity contribution in [1.29, 1.82) is 5.41 Å². The molecule has 0 aliphatic heterocycles. The molecule has 0 saturated heterocycles. The molecule has 4 aromatic carbocycles. The van der Waals surface area contributed by atoms with E-state index in [1.165, 1.54) is 21.9 Å². The van der Waals surface area contributed by atoms with Gasteiger partial charge in [0, 0.05) is 0 Å². The minimum Gasteiger partial charge on any atom is -0.397 e. The number of hydrogen-bond acceptors (Lipinski definition) is 3. The summed E-state index contributed by atoms with van der Waals surface area (Å²) in [6, 6.07) is 16.7. The third kappa shape index (κ3) is 2.15. The maximum absolute atomic E-state index is 8.51. The third-order valence-electron chi connectivity index (χ3n) is 6.69. The number of nitrogen functional groups attached to an aromatic ring is 2. The first-order valence-corrected chi connectivity index (χ1v) is 10.3. The van der Waals surface area contributed by atoms with E-state index in [0.29, 0.717) is 11.4 Å². The van der Waals surface area contributed by atoms with Crippen LogP contribution in [0.2, 0.25) is 0 Å². The average molecular weight is 393 g/mol. The average Bonchev–Trinajstić information content (AvgIpc) is 3.33.